The van der Waals surface area contributed by atoms with Gasteiger partial charge in [0.05, 0.1) is 12.1 Å². The molecule has 0 aliphatic carbocycles. The molecule has 0 aromatic carbocycles. The summed E-state index contributed by atoms with van der Waals surface area (Å²) in [5, 5.41) is 13.8. The molecule has 0 saturated carbocycles. The Bertz CT molecular complexity index is 635. The molecule has 2 aromatic heterocycles. The summed E-state index contributed by atoms with van der Waals surface area (Å²) < 4.78 is 0.932. The van der Waals surface area contributed by atoms with Gasteiger partial charge in [-0.2, -0.15) is 0 Å². The largest absolute Gasteiger partial charge is 0.494 e. The van der Waals surface area contributed by atoms with Gasteiger partial charge in [-0.15, -0.1) is 11.3 Å². The second-order valence-corrected chi connectivity index (χ2v) is 5.35. The smallest absolute Gasteiger partial charge is 0.251 e. The number of carbonyl (C=O) groups excluding carboxylic acids is 1. The van der Waals surface area contributed by atoms with Crippen LogP contribution in [-0.4, -0.2) is 16.0 Å². The van der Waals surface area contributed by atoms with Crippen LogP contribution in [0.2, 0.25) is 0 Å². The van der Waals surface area contributed by atoms with Gasteiger partial charge in [0.25, 0.3) is 11.5 Å². The normalized spacial score (nSPS) is 10.3. The van der Waals surface area contributed by atoms with Gasteiger partial charge in [-0.1, -0.05) is 0 Å². The number of rotatable bonds is 3. The zero-order chi connectivity index (χ0) is 13.1. The van der Waals surface area contributed by atoms with Gasteiger partial charge in [0, 0.05) is 21.5 Å². The molecule has 18 heavy (non-hydrogen) atoms. The standard InChI is InChI=1S/C11H9BrN2O3S/c12-7-1-2-18-8(7)5-13-11(17)6-3-9(15)14-10(16)4-6/h1-4H,5H2,(H,13,17)(H2,14,15,16). The number of amides is 1. The fourth-order valence-corrected chi connectivity index (χ4v) is 2.81. The first kappa shape index (κ1) is 12.8. The minimum absolute atomic E-state index is 0.129. The molecule has 2 heterocycles. The van der Waals surface area contributed by atoms with Crippen LogP contribution in [0.4, 0.5) is 0 Å². The van der Waals surface area contributed by atoms with E-state index in [1.807, 2.05) is 11.4 Å². The summed E-state index contributed by atoms with van der Waals surface area (Å²) in [7, 11) is 0. The molecule has 0 fully saturated rings. The molecule has 0 radical (unpaired) electrons. The average Bonchev–Trinajstić information content (AvgIpc) is 2.70. The number of thiophene rings is 1. The maximum absolute atomic E-state index is 11.8. The number of aromatic amines is 1. The average molecular weight is 329 g/mol. The number of nitrogens with one attached hydrogen (secondary N) is 2. The third kappa shape index (κ3) is 2.99. The van der Waals surface area contributed by atoms with E-state index in [2.05, 4.69) is 26.2 Å². The number of hydrogen-bond acceptors (Lipinski definition) is 4. The zero-order valence-corrected chi connectivity index (χ0v) is 11.5. The van der Waals surface area contributed by atoms with Crippen molar-refractivity contribution in [1.82, 2.24) is 10.3 Å². The molecule has 0 atom stereocenters. The Morgan fingerprint density at radius 1 is 1.50 bits per heavy atom. The Morgan fingerprint density at radius 3 is 2.89 bits per heavy atom. The van der Waals surface area contributed by atoms with Gasteiger partial charge < -0.3 is 10.4 Å². The van der Waals surface area contributed by atoms with Crippen LogP contribution in [0.15, 0.2) is 32.8 Å². The Labute approximate surface area is 115 Å². The van der Waals surface area contributed by atoms with Crippen molar-refractivity contribution in [3.05, 3.63) is 48.8 Å². The first-order valence-electron chi connectivity index (χ1n) is 4.99. The summed E-state index contributed by atoms with van der Waals surface area (Å²) in [6.45, 7) is 0.366. The summed E-state index contributed by atoms with van der Waals surface area (Å²) in [5.74, 6) is -0.735. The van der Waals surface area contributed by atoms with Crippen molar-refractivity contribution in [2.45, 2.75) is 6.54 Å². The van der Waals surface area contributed by atoms with E-state index in [0.717, 1.165) is 15.4 Å². The molecule has 2 rings (SSSR count). The molecule has 0 saturated heterocycles. The van der Waals surface area contributed by atoms with E-state index < -0.39 is 11.5 Å². The Hall–Kier alpha value is -1.60. The van der Waals surface area contributed by atoms with Gasteiger partial charge in [-0.05, 0) is 27.4 Å². The van der Waals surface area contributed by atoms with Crippen molar-refractivity contribution in [2.24, 2.45) is 0 Å². The summed E-state index contributed by atoms with van der Waals surface area (Å²) in [4.78, 5) is 26.0. The van der Waals surface area contributed by atoms with Crippen LogP contribution in [0, 0.1) is 0 Å². The SMILES string of the molecule is O=C(NCc1sccc1Br)c1cc(O)[nH]c(=O)c1. The van der Waals surface area contributed by atoms with E-state index in [0.29, 0.717) is 6.54 Å². The first-order valence-corrected chi connectivity index (χ1v) is 6.67. The van der Waals surface area contributed by atoms with Gasteiger partial charge in [0.2, 0.25) is 0 Å². The summed E-state index contributed by atoms with van der Waals surface area (Å²) in [5.41, 5.74) is -0.388. The molecule has 0 spiro atoms. The number of aromatic hydroxyl groups is 1. The van der Waals surface area contributed by atoms with Crippen molar-refractivity contribution in [2.75, 3.05) is 0 Å². The molecule has 5 nitrogen and oxygen atoms in total. The number of H-pyrrole nitrogens is 1. The summed E-state index contributed by atoms with van der Waals surface area (Å²) >= 11 is 4.87. The van der Waals surface area contributed by atoms with Crippen LogP contribution in [0.3, 0.4) is 0 Å². The van der Waals surface area contributed by atoms with Crippen LogP contribution in [0.25, 0.3) is 0 Å². The third-order valence-electron chi connectivity index (χ3n) is 2.19. The third-order valence-corrected chi connectivity index (χ3v) is 4.12. The molecule has 0 aliphatic heterocycles. The Morgan fingerprint density at radius 2 is 2.28 bits per heavy atom. The lowest BCUT2D eigenvalue weighted by Crippen LogP contribution is -2.24. The van der Waals surface area contributed by atoms with Crippen molar-refractivity contribution in [3.8, 4) is 5.88 Å². The highest BCUT2D eigenvalue weighted by molar-refractivity contribution is 9.10. The fourth-order valence-electron chi connectivity index (χ4n) is 1.37. The minimum Gasteiger partial charge on any atom is -0.494 e. The van der Waals surface area contributed by atoms with Gasteiger partial charge in [-0.3, -0.25) is 14.6 Å². The minimum atomic E-state index is -0.516. The van der Waals surface area contributed by atoms with Crippen LogP contribution in [0.1, 0.15) is 15.2 Å². The molecular formula is C11H9BrN2O3S. The highest BCUT2D eigenvalue weighted by Crippen LogP contribution is 2.22. The topological polar surface area (TPSA) is 82.2 Å². The van der Waals surface area contributed by atoms with Crippen molar-refractivity contribution >= 4 is 33.2 Å². The maximum atomic E-state index is 11.8. The highest BCUT2D eigenvalue weighted by Gasteiger charge is 2.09. The predicted molar refractivity (Wildman–Crippen MR) is 71.9 cm³/mol. The molecule has 3 N–H and O–H groups in total. The number of pyridine rings is 1. The summed E-state index contributed by atoms with van der Waals surface area (Å²) in [6, 6.07) is 4.24. The monoisotopic (exact) mass is 328 g/mol. The van der Waals surface area contributed by atoms with E-state index in [1.54, 1.807) is 0 Å². The quantitative estimate of drug-likeness (QED) is 0.803. The van der Waals surface area contributed by atoms with E-state index in [-0.39, 0.29) is 11.4 Å². The van der Waals surface area contributed by atoms with Crippen molar-refractivity contribution < 1.29 is 9.90 Å². The molecule has 7 heteroatoms. The summed E-state index contributed by atoms with van der Waals surface area (Å²) in [6.07, 6.45) is 0. The fraction of sp³-hybridized carbons (Fsp3) is 0.0909. The number of halogens is 1. The van der Waals surface area contributed by atoms with E-state index in [9.17, 15) is 14.7 Å². The Balaban J connectivity index is 2.08. The van der Waals surface area contributed by atoms with Gasteiger partial charge >= 0.3 is 0 Å². The molecule has 0 aliphatic rings. The van der Waals surface area contributed by atoms with Crippen molar-refractivity contribution in [3.63, 3.8) is 0 Å². The van der Waals surface area contributed by atoms with E-state index >= 15 is 0 Å². The predicted octanol–water partition coefficient (Wildman–Crippen LogP) is 1.83. The molecule has 1 amide bonds. The van der Waals surface area contributed by atoms with E-state index in [1.165, 1.54) is 17.4 Å². The molecule has 94 valence electrons. The first-order chi connectivity index (χ1) is 8.56. The van der Waals surface area contributed by atoms with Crippen LogP contribution in [-0.2, 0) is 6.54 Å². The number of carbonyl (C=O) groups is 1. The lowest BCUT2D eigenvalue weighted by Gasteiger charge is -2.04. The zero-order valence-electron chi connectivity index (χ0n) is 9.07. The van der Waals surface area contributed by atoms with Gasteiger partial charge in [-0.25, -0.2) is 0 Å². The van der Waals surface area contributed by atoms with Crippen LogP contribution in [0.5, 0.6) is 5.88 Å². The number of aromatic nitrogens is 1. The lowest BCUT2D eigenvalue weighted by molar-refractivity contribution is 0.0950. The molecule has 2 aromatic rings. The second-order valence-electron chi connectivity index (χ2n) is 3.49. The molecular weight excluding hydrogens is 320 g/mol. The van der Waals surface area contributed by atoms with E-state index in [4.69, 9.17) is 0 Å². The highest BCUT2D eigenvalue weighted by atomic mass is 79.9. The Kier molecular flexibility index (Phi) is 3.83. The van der Waals surface area contributed by atoms with Crippen molar-refractivity contribution in [1.29, 1.82) is 0 Å². The molecule has 0 bridgehead atoms. The van der Waals surface area contributed by atoms with Gasteiger partial charge in [0.15, 0.2) is 5.88 Å². The second kappa shape index (κ2) is 5.36. The van der Waals surface area contributed by atoms with Gasteiger partial charge in [0.1, 0.15) is 0 Å². The van der Waals surface area contributed by atoms with Crippen LogP contribution >= 0.6 is 27.3 Å². The number of hydrogen-bond donors (Lipinski definition) is 3. The van der Waals surface area contributed by atoms with Crippen LogP contribution < -0.4 is 10.9 Å². The lowest BCUT2D eigenvalue weighted by atomic mass is 10.2. The molecule has 0 unspecified atom stereocenters. The maximum Gasteiger partial charge on any atom is 0.251 e.